The van der Waals surface area contributed by atoms with Gasteiger partial charge in [0.05, 0.1) is 26.8 Å². The van der Waals surface area contributed by atoms with Crippen molar-refractivity contribution >= 4 is 66.5 Å². The van der Waals surface area contributed by atoms with Crippen molar-refractivity contribution in [3.8, 4) is 23.3 Å². The third-order valence-electron chi connectivity index (χ3n) is 4.87. The number of carbonyl (C=O) groups is 2. The number of rotatable bonds is 9. The molecule has 0 aromatic heterocycles. The average Bonchev–Trinajstić information content (AvgIpc) is 2.85. The Morgan fingerprint density at radius 3 is 2.53 bits per heavy atom. The molecule has 0 atom stereocenters. The van der Waals surface area contributed by atoms with E-state index >= 15 is 4.39 Å². The summed E-state index contributed by atoms with van der Waals surface area (Å²) in [6.45, 7) is 0.830. The Bertz CT molecular complexity index is 1590. The van der Waals surface area contributed by atoms with Crippen LogP contribution in [-0.2, 0) is 14.8 Å². The lowest BCUT2D eigenvalue weighted by molar-refractivity contribution is -0.118. The molecule has 0 unspecified atom stereocenters. The molecule has 14 heteroatoms. The number of benzene rings is 3. The summed E-state index contributed by atoms with van der Waals surface area (Å²) in [4.78, 5) is 24.0. The number of nitrogens with zero attached hydrogens (tertiary/aromatic N) is 1. The summed E-state index contributed by atoms with van der Waals surface area (Å²) in [6, 6.07) is 11.1. The van der Waals surface area contributed by atoms with E-state index < -0.39 is 44.1 Å². The summed E-state index contributed by atoms with van der Waals surface area (Å²) in [7, 11) is -4.41. The molecule has 0 saturated carbocycles. The van der Waals surface area contributed by atoms with Crippen molar-refractivity contribution in [3.05, 3.63) is 73.9 Å². The Morgan fingerprint density at radius 1 is 1.18 bits per heavy atom. The van der Waals surface area contributed by atoms with Gasteiger partial charge in [0.25, 0.3) is 5.91 Å². The molecule has 0 saturated heterocycles. The van der Waals surface area contributed by atoms with E-state index in [2.05, 4.69) is 21.2 Å². The Balaban J connectivity index is 1.80. The second-order valence-corrected chi connectivity index (χ2v) is 10.7. The molecule has 9 nitrogen and oxygen atoms in total. The smallest absolute Gasteiger partial charge is 0.262 e. The number of nitrogens with one attached hydrogen (secondary N) is 1. The van der Waals surface area contributed by atoms with Crippen LogP contribution in [0.15, 0.2) is 51.8 Å². The highest BCUT2D eigenvalue weighted by atomic mass is 79.9. The molecule has 0 heterocycles. The minimum absolute atomic E-state index is 0.000348. The van der Waals surface area contributed by atoms with Gasteiger partial charge in [-0.15, -0.1) is 0 Å². The lowest BCUT2D eigenvalue weighted by atomic mass is 10.1. The fourth-order valence-electron chi connectivity index (χ4n) is 3.19. The highest BCUT2D eigenvalue weighted by Gasteiger charge is 2.25. The molecule has 1 amide bonds. The molecule has 3 aromatic carbocycles. The second kappa shape index (κ2) is 12.1. The van der Waals surface area contributed by atoms with Gasteiger partial charge in [-0.25, -0.2) is 13.6 Å². The minimum atomic E-state index is -4.41. The summed E-state index contributed by atoms with van der Waals surface area (Å²) in [5.41, 5.74) is -0.156. The van der Waals surface area contributed by atoms with Gasteiger partial charge in [-0.1, -0.05) is 30.1 Å². The lowest BCUT2D eigenvalue weighted by Crippen LogP contribution is -2.22. The van der Waals surface area contributed by atoms with Crippen LogP contribution in [0.1, 0.15) is 29.3 Å². The van der Waals surface area contributed by atoms with Crippen molar-refractivity contribution < 1.29 is 31.9 Å². The van der Waals surface area contributed by atoms with E-state index in [9.17, 15) is 18.0 Å². The van der Waals surface area contributed by atoms with Gasteiger partial charge >= 0.3 is 0 Å². The third-order valence-corrected chi connectivity index (χ3v) is 7.21. The largest absolute Gasteiger partial charge is 0.481 e. The molecule has 0 spiro atoms. The molecule has 3 rings (SSSR count). The van der Waals surface area contributed by atoms with Crippen molar-refractivity contribution in [3.63, 3.8) is 0 Å². The molecule has 3 aromatic rings. The van der Waals surface area contributed by atoms with Crippen LogP contribution in [0.4, 0.5) is 10.1 Å². The number of hydrogen-bond acceptors (Lipinski definition) is 7. The first-order valence-electron chi connectivity index (χ1n) is 10.5. The molecule has 0 aliphatic rings. The average molecular weight is 645 g/mol. The van der Waals surface area contributed by atoms with Crippen LogP contribution >= 0.6 is 39.1 Å². The number of amides is 1. The molecule has 0 radical (unpaired) electrons. The van der Waals surface area contributed by atoms with E-state index in [0.717, 1.165) is 0 Å². The van der Waals surface area contributed by atoms with Crippen molar-refractivity contribution in [2.75, 3.05) is 11.9 Å². The molecular weight excluding hydrogens is 628 g/mol. The summed E-state index contributed by atoms with van der Waals surface area (Å²) in [6.07, 6.45) is -0.000348. The Labute approximate surface area is 235 Å². The SMILES string of the molecule is CCC(=O)c1ccc(NC(=O)COc2ccc(Br)c(Oc3cc(Cl)cc(C#N)c3)c2F)c(Cl)c1S(N)(=O)=O. The fourth-order valence-corrected chi connectivity index (χ4v) is 5.19. The summed E-state index contributed by atoms with van der Waals surface area (Å²) < 4.78 is 50.3. The molecule has 3 N–H and O–H groups in total. The number of anilines is 1. The van der Waals surface area contributed by atoms with Crippen molar-refractivity contribution in [1.29, 1.82) is 5.26 Å². The maximum absolute atomic E-state index is 15.1. The van der Waals surface area contributed by atoms with Crippen LogP contribution in [0.3, 0.4) is 0 Å². The van der Waals surface area contributed by atoms with Gasteiger partial charge in [0.15, 0.2) is 23.9 Å². The van der Waals surface area contributed by atoms with E-state index in [0.29, 0.717) is 0 Å². The first-order chi connectivity index (χ1) is 17.8. The number of hydrogen-bond donors (Lipinski definition) is 2. The number of Topliss-reactive ketones (excluding diaryl/α,β-unsaturated/α-hetero) is 1. The molecule has 38 heavy (non-hydrogen) atoms. The van der Waals surface area contributed by atoms with E-state index in [4.69, 9.17) is 43.1 Å². The van der Waals surface area contributed by atoms with E-state index in [1.807, 2.05) is 6.07 Å². The quantitative estimate of drug-likeness (QED) is 0.279. The van der Waals surface area contributed by atoms with E-state index in [1.54, 1.807) is 0 Å². The molecule has 0 aliphatic carbocycles. The standard InChI is InChI=1S/C24H17BrCl2FN3O6S/c1-2-18(32)15-3-5-17(21(27)24(15)38(30,34)35)31-20(33)11-36-19-6-4-16(25)23(22(19)28)37-14-8-12(10-29)7-13(26)9-14/h3-9H,2,11H2,1H3,(H,31,33)(H2,30,34,35). The summed E-state index contributed by atoms with van der Waals surface area (Å²) >= 11 is 15.3. The fraction of sp³-hybridized carbons (Fsp3) is 0.125. The van der Waals surface area contributed by atoms with Crippen LogP contribution in [0, 0.1) is 17.1 Å². The normalized spacial score (nSPS) is 11.0. The van der Waals surface area contributed by atoms with Crippen LogP contribution in [0.2, 0.25) is 10.0 Å². The van der Waals surface area contributed by atoms with Crippen LogP contribution in [-0.4, -0.2) is 26.7 Å². The van der Waals surface area contributed by atoms with E-state index in [1.165, 1.54) is 49.4 Å². The second-order valence-electron chi connectivity index (χ2n) is 7.54. The number of carbonyl (C=O) groups excluding carboxylic acids is 2. The predicted molar refractivity (Wildman–Crippen MR) is 142 cm³/mol. The topological polar surface area (TPSA) is 149 Å². The molecule has 198 valence electrons. The number of primary sulfonamides is 1. The van der Waals surface area contributed by atoms with Crippen molar-refractivity contribution in [2.24, 2.45) is 5.14 Å². The first kappa shape index (κ1) is 29.3. The van der Waals surface area contributed by atoms with Gasteiger partial charge in [-0.3, -0.25) is 9.59 Å². The summed E-state index contributed by atoms with van der Waals surface area (Å²) in [5.74, 6) is -2.83. The Kier molecular flexibility index (Phi) is 9.35. The highest BCUT2D eigenvalue weighted by Crippen LogP contribution is 2.38. The molecule has 0 fully saturated rings. The van der Waals surface area contributed by atoms with Crippen LogP contribution in [0.25, 0.3) is 0 Å². The van der Waals surface area contributed by atoms with Crippen LogP contribution in [0.5, 0.6) is 17.2 Å². The number of halogens is 4. The van der Waals surface area contributed by atoms with E-state index in [-0.39, 0.29) is 50.0 Å². The molecule has 0 aliphatic heterocycles. The van der Waals surface area contributed by atoms with Crippen LogP contribution < -0.4 is 19.9 Å². The maximum Gasteiger partial charge on any atom is 0.262 e. The third kappa shape index (κ3) is 6.80. The zero-order valence-corrected chi connectivity index (χ0v) is 23.3. The zero-order chi connectivity index (χ0) is 28.2. The zero-order valence-electron chi connectivity index (χ0n) is 19.3. The van der Waals surface area contributed by atoms with Gasteiger partial charge in [-0.2, -0.15) is 9.65 Å². The van der Waals surface area contributed by atoms with Crippen molar-refractivity contribution in [2.45, 2.75) is 18.2 Å². The number of sulfonamides is 1. The first-order valence-corrected chi connectivity index (χ1v) is 13.6. The molecule has 0 bridgehead atoms. The predicted octanol–water partition coefficient (Wildman–Crippen LogP) is 5.82. The monoisotopic (exact) mass is 643 g/mol. The number of ketones is 1. The molecular formula is C24H17BrCl2FN3O6S. The van der Waals surface area contributed by atoms with Gasteiger partial charge < -0.3 is 14.8 Å². The summed E-state index contributed by atoms with van der Waals surface area (Å²) in [5, 5.41) is 16.4. The number of nitrogens with two attached hydrogens (primary N) is 1. The van der Waals surface area contributed by atoms with Gasteiger partial charge in [-0.05, 0) is 58.4 Å². The van der Waals surface area contributed by atoms with Crippen molar-refractivity contribution in [1.82, 2.24) is 0 Å². The highest BCUT2D eigenvalue weighted by molar-refractivity contribution is 9.10. The Hall–Kier alpha value is -3.21. The van der Waals surface area contributed by atoms with Gasteiger partial charge in [0.2, 0.25) is 15.8 Å². The lowest BCUT2D eigenvalue weighted by Gasteiger charge is -2.15. The van der Waals surface area contributed by atoms with Gasteiger partial charge in [0.1, 0.15) is 10.6 Å². The Morgan fingerprint density at radius 2 is 1.89 bits per heavy atom. The minimum Gasteiger partial charge on any atom is -0.481 e. The van der Waals surface area contributed by atoms with Gasteiger partial charge in [0, 0.05) is 17.0 Å². The maximum atomic E-state index is 15.1. The number of ether oxygens (including phenoxy) is 2. The number of nitriles is 1.